The molecule has 37 heavy (non-hydrogen) atoms. The number of nitrogens with zero attached hydrogens (tertiary/aromatic N) is 1. The van der Waals surface area contributed by atoms with E-state index in [1.165, 1.54) is 0 Å². The highest BCUT2D eigenvalue weighted by Crippen LogP contribution is 2.37. The largest absolute Gasteiger partial charge is 0.493 e. The van der Waals surface area contributed by atoms with Crippen molar-refractivity contribution in [3.63, 3.8) is 0 Å². The van der Waals surface area contributed by atoms with Gasteiger partial charge in [0, 0.05) is 43.5 Å². The number of nitrogens with one attached hydrogen (secondary N) is 3. The first-order valence-electron chi connectivity index (χ1n) is 12.6. The van der Waals surface area contributed by atoms with Crippen LogP contribution in [0.15, 0.2) is 48.7 Å². The summed E-state index contributed by atoms with van der Waals surface area (Å²) in [5.41, 5.74) is 1.43. The van der Waals surface area contributed by atoms with E-state index >= 15 is 0 Å². The molecule has 3 aromatic rings. The molecule has 0 radical (unpaired) electrons. The first-order chi connectivity index (χ1) is 18.0. The number of aromatic nitrogens is 1. The van der Waals surface area contributed by atoms with Crippen molar-refractivity contribution in [3.8, 4) is 23.0 Å². The Morgan fingerprint density at radius 1 is 0.946 bits per heavy atom. The third kappa shape index (κ3) is 9.11. The van der Waals surface area contributed by atoms with Gasteiger partial charge >= 0.3 is 6.03 Å². The highest BCUT2D eigenvalue weighted by atomic mass is 16.5. The van der Waals surface area contributed by atoms with Crippen LogP contribution >= 0.6 is 0 Å². The lowest BCUT2D eigenvalue weighted by atomic mass is 10.1. The lowest BCUT2D eigenvalue weighted by Crippen LogP contribution is -2.30. The van der Waals surface area contributed by atoms with E-state index in [2.05, 4.69) is 34.8 Å². The van der Waals surface area contributed by atoms with Crippen LogP contribution in [-0.4, -0.2) is 58.1 Å². The molecule has 3 N–H and O–H groups in total. The van der Waals surface area contributed by atoms with Gasteiger partial charge in [0.25, 0.3) is 0 Å². The van der Waals surface area contributed by atoms with E-state index in [-0.39, 0.29) is 6.03 Å². The number of fused-ring (bicyclic) bond motifs is 1. The molecule has 200 valence electrons. The zero-order valence-corrected chi connectivity index (χ0v) is 22.1. The molecule has 0 aliphatic heterocycles. The molecule has 0 bridgehead atoms. The van der Waals surface area contributed by atoms with Gasteiger partial charge in [-0.3, -0.25) is 4.98 Å². The Labute approximate surface area is 218 Å². The summed E-state index contributed by atoms with van der Waals surface area (Å²) in [6.45, 7) is 7.78. The molecular weight excluding hydrogens is 472 g/mol. The summed E-state index contributed by atoms with van der Waals surface area (Å²) in [4.78, 5) is 16.5. The third-order valence-corrected chi connectivity index (χ3v) is 5.57. The first kappa shape index (κ1) is 28.0. The Morgan fingerprint density at radius 3 is 2.49 bits per heavy atom. The van der Waals surface area contributed by atoms with E-state index in [1.807, 2.05) is 30.3 Å². The number of ether oxygens (including phenoxy) is 4. The number of amides is 2. The summed E-state index contributed by atoms with van der Waals surface area (Å²) in [6, 6.07) is 12.6. The van der Waals surface area contributed by atoms with Gasteiger partial charge in [0.1, 0.15) is 11.5 Å². The number of benzene rings is 2. The standard InChI is InChI=1S/C28H38N4O5/c1-20(2)10-13-31-28(33)32-21-6-8-22(9-7-21)37-25-11-14-30-24-19-27(26(35-4)18-23(24)25)36-16-5-12-29-15-17-34-3/h6-9,11,14,18-20,29H,5,10,12-13,15-17H2,1-4H3,(H2,31,32,33). The Bertz CT molecular complexity index is 1120. The van der Waals surface area contributed by atoms with Crippen molar-refractivity contribution in [2.24, 2.45) is 5.92 Å². The Balaban J connectivity index is 1.62. The van der Waals surface area contributed by atoms with Gasteiger partial charge in [-0.1, -0.05) is 13.8 Å². The number of pyridine rings is 1. The number of hydrogen-bond donors (Lipinski definition) is 3. The number of carbonyl (C=O) groups is 1. The van der Waals surface area contributed by atoms with Crippen LogP contribution in [0.4, 0.5) is 10.5 Å². The molecule has 1 aromatic heterocycles. The summed E-state index contributed by atoms with van der Waals surface area (Å²) in [6.07, 6.45) is 3.49. The normalized spacial score (nSPS) is 10.9. The number of hydrogen-bond acceptors (Lipinski definition) is 7. The van der Waals surface area contributed by atoms with Crippen molar-refractivity contribution >= 4 is 22.6 Å². The van der Waals surface area contributed by atoms with E-state index < -0.39 is 0 Å². The fourth-order valence-electron chi connectivity index (χ4n) is 3.55. The maximum Gasteiger partial charge on any atom is 0.319 e. The van der Waals surface area contributed by atoms with Crippen molar-refractivity contribution < 1.29 is 23.7 Å². The molecule has 0 spiro atoms. The number of anilines is 1. The number of urea groups is 1. The minimum atomic E-state index is -0.220. The predicted molar refractivity (Wildman–Crippen MR) is 146 cm³/mol. The summed E-state index contributed by atoms with van der Waals surface area (Å²) in [5, 5.41) is 9.80. The molecule has 0 saturated heterocycles. The molecule has 3 rings (SSSR count). The minimum absolute atomic E-state index is 0.220. The van der Waals surface area contributed by atoms with Crippen molar-refractivity contribution in [1.82, 2.24) is 15.6 Å². The van der Waals surface area contributed by atoms with Gasteiger partial charge in [-0.25, -0.2) is 4.79 Å². The Morgan fingerprint density at radius 2 is 1.76 bits per heavy atom. The second-order valence-corrected chi connectivity index (χ2v) is 8.96. The lowest BCUT2D eigenvalue weighted by molar-refractivity contribution is 0.198. The monoisotopic (exact) mass is 510 g/mol. The highest BCUT2D eigenvalue weighted by Gasteiger charge is 2.12. The summed E-state index contributed by atoms with van der Waals surface area (Å²) in [5.74, 6) is 3.07. The number of rotatable bonds is 15. The van der Waals surface area contributed by atoms with Gasteiger partial charge in [-0.05, 0) is 61.7 Å². The summed E-state index contributed by atoms with van der Waals surface area (Å²) in [7, 11) is 3.30. The van der Waals surface area contributed by atoms with Gasteiger partial charge in [0.2, 0.25) is 0 Å². The minimum Gasteiger partial charge on any atom is -0.493 e. The maximum absolute atomic E-state index is 12.1. The summed E-state index contributed by atoms with van der Waals surface area (Å²) >= 11 is 0. The van der Waals surface area contributed by atoms with Crippen LogP contribution in [0, 0.1) is 5.92 Å². The molecule has 9 heteroatoms. The molecule has 1 heterocycles. The lowest BCUT2D eigenvalue weighted by Gasteiger charge is -2.14. The number of methoxy groups -OCH3 is 2. The molecule has 2 aromatic carbocycles. The van der Waals surface area contributed by atoms with Gasteiger partial charge in [0.15, 0.2) is 11.5 Å². The molecule has 0 unspecified atom stereocenters. The fourth-order valence-corrected chi connectivity index (χ4v) is 3.55. The SMILES string of the molecule is COCCNCCCOc1cc2nccc(Oc3ccc(NC(=O)NCCC(C)C)cc3)c2cc1OC. The van der Waals surface area contributed by atoms with Crippen molar-refractivity contribution in [2.45, 2.75) is 26.7 Å². The molecule has 0 atom stereocenters. The smallest absolute Gasteiger partial charge is 0.319 e. The topological polar surface area (TPSA) is 103 Å². The molecule has 9 nitrogen and oxygen atoms in total. The first-order valence-corrected chi connectivity index (χ1v) is 12.6. The van der Waals surface area contributed by atoms with Crippen LogP contribution < -0.4 is 30.2 Å². The van der Waals surface area contributed by atoms with E-state index in [0.29, 0.717) is 54.4 Å². The zero-order valence-electron chi connectivity index (χ0n) is 22.1. The van der Waals surface area contributed by atoms with Gasteiger partial charge in [0.05, 0.1) is 25.8 Å². The Kier molecular flexibility index (Phi) is 11.3. The van der Waals surface area contributed by atoms with Crippen LogP contribution in [0.25, 0.3) is 10.9 Å². The van der Waals surface area contributed by atoms with E-state index in [4.69, 9.17) is 18.9 Å². The second kappa shape index (κ2) is 14.9. The van der Waals surface area contributed by atoms with Gasteiger partial charge < -0.3 is 34.9 Å². The predicted octanol–water partition coefficient (Wildman–Crippen LogP) is 5.21. The Hall–Kier alpha value is -3.56. The molecule has 0 aliphatic carbocycles. The van der Waals surface area contributed by atoms with Crippen molar-refractivity contribution in [3.05, 3.63) is 48.7 Å². The number of carbonyl (C=O) groups excluding carboxylic acids is 1. The molecule has 0 aliphatic rings. The van der Waals surface area contributed by atoms with Crippen LogP contribution in [0.1, 0.15) is 26.7 Å². The molecule has 2 amide bonds. The third-order valence-electron chi connectivity index (χ3n) is 5.57. The van der Waals surface area contributed by atoms with Crippen LogP contribution in [-0.2, 0) is 4.74 Å². The maximum atomic E-state index is 12.1. The zero-order chi connectivity index (χ0) is 26.5. The van der Waals surface area contributed by atoms with E-state index in [1.54, 1.807) is 32.5 Å². The molecule has 0 saturated carbocycles. The molecular formula is C28H38N4O5. The van der Waals surface area contributed by atoms with Crippen LogP contribution in [0.3, 0.4) is 0 Å². The van der Waals surface area contributed by atoms with Crippen molar-refractivity contribution in [1.29, 1.82) is 0 Å². The highest BCUT2D eigenvalue weighted by molar-refractivity contribution is 5.89. The van der Waals surface area contributed by atoms with Crippen LogP contribution in [0.2, 0.25) is 0 Å². The van der Waals surface area contributed by atoms with E-state index in [0.717, 1.165) is 36.8 Å². The quantitative estimate of drug-likeness (QED) is 0.241. The average molecular weight is 511 g/mol. The fraction of sp³-hybridized carbons (Fsp3) is 0.429. The van der Waals surface area contributed by atoms with Crippen molar-refractivity contribution in [2.75, 3.05) is 52.4 Å². The van der Waals surface area contributed by atoms with E-state index in [9.17, 15) is 4.79 Å². The summed E-state index contributed by atoms with van der Waals surface area (Å²) < 4.78 is 22.7. The average Bonchev–Trinajstić information content (AvgIpc) is 2.88. The second-order valence-electron chi connectivity index (χ2n) is 8.96. The van der Waals surface area contributed by atoms with Crippen LogP contribution in [0.5, 0.6) is 23.0 Å². The van der Waals surface area contributed by atoms with Gasteiger partial charge in [-0.2, -0.15) is 0 Å². The molecule has 0 fully saturated rings. The van der Waals surface area contributed by atoms with Gasteiger partial charge in [-0.15, -0.1) is 0 Å².